The van der Waals surface area contributed by atoms with Gasteiger partial charge in [-0.2, -0.15) is 9.97 Å². The fourth-order valence-electron chi connectivity index (χ4n) is 3.42. The average molecular weight is 324 g/mol. The number of aryl methyl sites for hydroxylation is 1. The van der Waals surface area contributed by atoms with Crippen LogP contribution in [0.3, 0.4) is 0 Å². The molecule has 0 unspecified atom stereocenters. The summed E-state index contributed by atoms with van der Waals surface area (Å²) in [7, 11) is 0. The van der Waals surface area contributed by atoms with Crippen molar-refractivity contribution in [1.29, 1.82) is 0 Å². The second-order valence-electron chi connectivity index (χ2n) is 6.18. The number of aromatic amines is 1. The summed E-state index contributed by atoms with van der Waals surface area (Å²) in [5, 5.41) is 3.37. The first-order valence-electron chi connectivity index (χ1n) is 8.50. The van der Waals surface area contributed by atoms with Crippen molar-refractivity contribution in [1.82, 2.24) is 19.7 Å². The summed E-state index contributed by atoms with van der Waals surface area (Å²) in [5.74, 6) is 1.28. The molecule has 4 rings (SSSR count). The van der Waals surface area contributed by atoms with Crippen LogP contribution in [0.15, 0.2) is 35.1 Å². The van der Waals surface area contributed by atoms with Gasteiger partial charge in [0.2, 0.25) is 0 Å². The first kappa shape index (κ1) is 14.9. The van der Waals surface area contributed by atoms with E-state index in [1.54, 1.807) is 0 Å². The number of nitrogens with zero attached hydrogens (tertiary/aromatic N) is 3. The fraction of sp³-hybridized carbons (Fsp3) is 0.389. The number of rotatable bonds is 4. The molecule has 1 N–H and O–H groups in total. The summed E-state index contributed by atoms with van der Waals surface area (Å²) in [4.78, 5) is 21.1. The number of ether oxygens (including phenoxy) is 1. The van der Waals surface area contributed by atoms with E-state index in [0.29, 0.717) is 23.2 Å². The van der Waals surface area contributed by atoms with Crippen molar-refractivity contribution in [2.45, 2.75) is 45.1 Å². The lowest BCUT2D eigenvalue weighted by Gasteiger charge is -2.13. The van der Waals surface area contributed by atoms with Gasteiger partial charge in [-0.05, 0) is 31.4 Å². The largest absolute Gasteiger partial charge is 0.424 e. The highest BCUT2D eigenvalue weighted by Crippen LogP contribution is 2.34. The van der Waals surface area contributed by atoms with E-state index >= 15 is 0 Å². The molecule has 1 aliphatic carbocycles. The lowest BCUT2D eigenvalue weighted by atomic mass is 10.2. The van der Waals surface area contributed by atoms with Crippen molar-refractivity contribution in [2.24, 2.45) is 0 Å². The van der Waals surface area contributed by atoms with Crippen LogP contribution in [-0.4, -0.2) is 19.7 Å². The summed E-state index contributed by atoms with van der Waals surface area (Å²) in [6.45, 7) is 2.03. The van der Waals surface area contributed by atoms with E-state index in [2.05, 4.69) is 15.1 Å². The maximum atomic E-state index is 12.5. The zero-order chi connectivity index (χ0) is 16.5. The second kappa shape index (κ2) is 6.11. The highest BCUT2D eigenvalue weighted by molar-refractivity contribution is 5.59. The van der Waals surface area contributed by atoms with Crippen LogP contribution in [0.5, 0.6) is 11.8 Å². The second-order valence-corrected chi connectivity index (χ2v) is 6.18. The van der Waals surface area contributed by atoms with Crippen LogP contribution >= 0.6 is 0 Å². The molecule has 2 aliphatic heterocycles. The van der Waals surface area contributed by atoms with Crippen molar-refractivity contribution in [2.75, 3.05) is 0 Å². The van der Waals surface area contributed by atoms with Crippen molar-refractivity contribution in [3.63, 3.8) is 0 Å². The van der Waals surface area contributed by atoms with Crippen molar-refractivity contribution >= 4 is 0 Å². The van der Waals surface area contributed by atoms with E-state index in [4.69, 9.17) is 4.74 Å². The van der Waals surface area contributed by atoms with E-state index < -0.39 is 0 Å². The molecular weight excluding hydrogens is 304 g/mol. The highest BCUT2D eigenvalue weighted by atomic mass is 16.5. The van der Waals surface area contributed by atoms with Crippen LogP contribution in [0.1, 0.15) is 44.3 Å². The molecule has 0 atom stereocenters. The van der Waals surface area contributed by atoms with Gasteiger partial charge in [0.15, 0.2) is 5.82 Å². The predicted octanol–water partition coefficient (Wildman–Crippen LogP) is 3.54. The Morgan fingerprint density at radius 3 is 2.67 bits per heavy atom. The number of hydrogen-bond acceptors (Lipinski definition) is 4. The normalized spacial score (nSPS) is 15.2. The first-order chi connectivity index (χ1) is 11.8. The average Bonchev–Trinajstić information content (AvgIpc) is 3.23. The summed E-state index contributed by atoms with van der Waals surface area (Å²) >= 11 is 0. The molecule has 3 aliphatic rings. The number of benzene rings is 1. The quantitative estimate of drug-likeness (QED) is 0.796. The van der Waals surface area contributed by atoms with E-state index in [1.165, 1.54) is 12.8 Å². The zero-order valence-corrected chi connectivity index (χ0v) is 13.7. The van der Waals surface area contributed by atoms with Gasteiger partial charge in [-0.3, -0.25) is 14.6 Å². The minimum Gasteiger partial charge on any atom is -0.424 e. The molecule has 124 valence electrons. The van der Waals surface area contributed by atoms with Crippen molar-refractivity contribution < 1.29 is 4.74 Å². The highest BCUT2D eigenvalue weighted by Gasteiger charge is 2.27. The Hall–Kier alpha value is -2.63. The number of aromatic nitrogens is 4. The molecule has 0 spiro atoms. The summed E-state index contributed by atoms with van der Waals surface area (Å²) in [5.41, 5.74) is 1.20. The van der Waals surface area contributed by atoms with E-state index in [9.17, 15) is 4.79 Å². The van der Waals surface area contributed by atoms with E-state index in [-0.39, 0.29) is 11.6 Å². The Morgan fingerprint density at radius 2 is 1.96 bits per heavy atom. The molecule has 24 heavy (non-hydrogen) atoms. The fourth-order valence-corrected chi connectivity index (χ4v) is 3.42. The predicted molar refractivity (Wildman–Crippen MR) is 90.7 cm³/mol. The zero-order valence-electron chi connectivity index (χ0n) is 13.7. The lowest BCUT2D eigenvalue weighted by Crippen LogP contribution is -2.16. The SMILES string of the molecule is CCc1[nH]n(C2CCCC2)c2nc(Oc3ccccc3)nc(=O)c1-2. The van der Waals surface area contributed by atoms with Crippen molar-refractivity contribution in [3.05, 3.63) is 46.4 Å². The minimum atomic E-state index is -0.282. The number of H-pyrrole nitrogens is 1. The Balaban J connectivity index is 1.81. The van der Waals surface area contributed by atoms with Gasteiger partial charge in [-0.25, -0.2) is 0 Å². The van der Waals surface area contributed by atoms with Crippen LogP contribution in [0, 0.1) is 0 Å². The smallest absolute Gasteiger partial charge is 0.327 e. The number of hydrogen-bond donors (Lipinski definition) is 1. The molecule has 0 radical (unpaired) electrons. The van der Waals surface area contributed by atoms with Gasteiger partial charge in [0, 0.05) is 5.69 Å². The van der Waals surface area contributed by atoms with Crippen LogP contribution in [-0.2, 0) is 6.42 Å². The van der Waals surface area contributed by atoms with Gasteiger partial charge in [-0.1, -0.05) is 38.0 Å². The Kier molecular flexibility index (Phi) is 3.80. The lowest BCUT2D eigenvalue weighted by molar-refractivity contribution is 0.429. The van der Waals surface area contributed by atoms with Gasteiger partial charge in [0.05, 0.1) is 6.04 Å². The van der Waals surface area contributed by atoms with Crippen molar-refractivity contribution in [3.8, 4) is 23.1 Å². The van der Waals surface area contributed by atoms with Crippen LogP contribution in [0.25, 0.3) is 11.4 Å². The molecule has 1 aromatic carbocycles. The topological polar surface area (TPSA) is 72.8 Å². The van der Waals surface area contributed by atoms with Crippen LogP contribution in [0.4, 0.5) is 0 Å². The molecule has 6 heteroatoms. The third-order valence-electron chi connectivity index (χ3n) is 4.62. The molecule has 0 aromatic heterocycles. The molecular formula is C18H20N4O2. The first-order valence-corrected chi connectivity index (χ1v) is 8.50. The summed E-state index contributed by atoms with van der Waals surface area (Å²) in [6, 6.07) is 9.75. The molecule has 1 saturated carbocycles. The molecule has 2 heterocycles. The molecule has 0 bridgehead atoms. The number of para-hydroxylation sites is 1. The standard InChI is InChI=1S/C18H20N4O2/c1-2-14-15-16(22(21-14)12-8-6-7-9-12)19-18(20-17(15)23)24-13-10-4-3-5-11-13/h3-5,10-12,21H,2,6-9H2,1H3. The van der Waals surface area contributed by atoms with Gasteiger partial charge in [0.1, 0.15) is 11.3 Å². The maximum absolute atomic E-state index is 12.5. The van der Waals surface area contributed by atoms with Crippen LogP contribution < -0.4 is 10.3 Å². The molecule has 1 fully saturated rings. The maximum Gasteiger partial charge on any atom is 0.327 e. The third kappa shape index (κ3) is 2.58. The Bertz CT molecular complexity index is 863. The summed E-state index contributed by atoms with van der Waals surface area (Å²) in [6.07, 6.45) is 5.38. The molecule has 1 aromatic rings. The van der Waals surface area contributed by atoms with Gasteiger partial charge in [-0.15, -0.1) is 0 Å². The van der Waals surface area contributed by atoms with Crippen LogP contribution in [0.2, 0.25) is 0 Å². The summed E-state index contributed by atoms with van der Waals surface area (Å²) < 4.78 is 7.72. The van der Waals surface area contributed by atoms with E-state index in [0.717, 1.165) is 25.0 Å². The molecule has 0 saturated heterocycles. The number of nitrogens with one attached hydrogen (secondary N) is 1. The van der Waals surface area contributed by atoms with Gasteiger partial charge >= 0.3 is 6.01 Å². The Labute approximate surface area is 139 Å². The third-order valence-corrected chi connectivity index (χ3v) is 4.62. The molecule has 6 nitrogen and oxygen atoms in total. The molecule has 0 amide bonds. The van der Waals surface area contributed by atoms with Gasteiger partial charge < -0.3 is 4.74 Å². The van der Waals surface area contributed by atoms with E-state index in [1.807, 2.05) is 41.9 Å². The number of fused-ring (bicyclic) bond motifs is 1. The Morgan fingerprint density at radius 1 is 1.21 bits per heavy atom. The minimum absolute atomic E-state index is 0.104. The monoisotopic (exact) mass is 324 g/mol. The van der Waals surface area contributed by atoms with Gasteiger partial charge in [0.25, 0.3) is 5.56 Å².